The quantitative estimate of drug-likeness (QED) is 0.290. The van der Waals surface area contributed by atoms with Crippen molar-refractivity contribution in [3.8, 4) is 17.5 Å². The summed E-state index contributed by atoms with van der Waals surface area (Å²) in [5.41, 5.74) is 3.12. The second kappa shape index (κ2) is 11.5. The molecule has 36 heavy (non-hydrogen) atoms. The molecule has 1 atom stereocenters. The fourth-order valence-corrected chi connectivity index (χ4v) is 7.76. The van der Waals surface area contributed by atoms with Crippen molar-refractivity contribution in [2.24, 2.45) is 11.3 Å². The topological polar surface area (TPSA) is 83.6 Å². The third-order valence-corrected chi connectivity index (χ3v) is 9.89. The minimum atomic E-state index is -0.115. The third kappa shape index (κ3) is 5.87. The van der Waals surface area contributed by atoms with E-state index in [1.807, 2.05) is 0 Å². The molecule has 9 heteroatoms. The monoisotopic (exact) mass is 541 g/mol. The molecular weight excluding hydrogens is 507 g/mol. The predicted molar refractivity (Wildman–Crippen MR) is 151 cm³/mol. The van der Waals surface area contributed by atoms with Gasteiger partial charge < -0.3 is 9.88 Å². The first-order valence-electron chi connectivity index (χ1n) is 12.7. The van der Waals surface area contributed by atoms with Crippen molar-refractivity contribution in [1.82, 2.24) is 14.8 Å². The Balaban J connectivity index is 1.45. The van der Waals surface area contributed by atoms with Crippen LogP contribution < -0.4 is 5.32 Å². The Morgan fingerprint density at radius 1 is 1.31 bits per heavy atom. The van der Waals surface area contributed by atoms with Crippen LogP contribution in [0.15, 0.2) is 16.6 Å². The van der Waals surface area contributed by atoms with Crippen molar-refractivity contribution in [2.45, 2.75) is 84.8 Å². The number of hydrogen-bond donors (Lipinski definition) is 1. The Hall–Kier alpha value is -2.15. The summed E-state index contributed by atoms with van der Waals surface area (Å²) in [6.07, 6.45) is 6.13. The predicted octanol–water partition coefficient (Wildman–Crippen LogP) is 7.18. The largest absolute Gasteiger partial charge is 0.316 e. The van der Waals surface area contributed by atoms with Gasteiger partial charge in [-0.2, -0.15) is 5.26 Å². The number of carbonyl (C=O) groups excluding carboxylic acids is 1. The van der Waals surface area contributed by atoms with Crippen LogP contribution in [0.1, 0.15) is 74.8 Å². The molecule has 3 aromatic heterocycles. The second-order valence-corrected chi connectivity index (χ2v) is 13.5. The Morgan fingerprint density at radius 2 is 2.11 bits per heavy atom. The third-order valence-electron chi connectivity index (χ3n) is 6.76. The van der Waals surface area contributed by atoms with Gasteiger partial charge in [-0.15, -0.1) is 32.9 Å². The van der Waals surface area contributed by atoms with Crippen molar-refractivity contribution in [2.75, 3.05) is 11.1 Å². The standard InChI is InChI=1S/C27H35N5OS3/c1-6-8-19-12-17(15-34-19)24-30-31-26(32(24)11-7-2)35-16-23(33)29-25-21(14-28)20-10-9-18(27(3,4)5)13-22(20)36-25/h12,15,18H,6-11,13,16H2,1-5H3,(H,29,33). The summed E-state index contributed by atoms with van der Waals surface area (Å²) >= 11 is 4.74. The van der Waals surface area contributed by atoms with E-state index in [-0.39, 0.29) is 17.1 Å². The van der Waals surface area contributed by atoms with Gasteiger partial charge in [-0.3, -0.25) is 4.79 Å². The molecule has 3 aromatic rings. The lowest BCUT2D eigenvalue weighted by Gasteiger charge is -2.33. The molecule has 0 saturated carbocycles. The SMILES string of the molecule is CCCc1cc(-c2nnc(SCC(=O)Nc3sc4c(c3C#N)CCC(C(C)(C)C)C4)n2CCC)cs1. The second-order valence-electron chi connectivity index (χ2n) is 10.5. The van der Waals surface area contributed by atoms with Crippen molar-refractivity contribution in [1.29, 1.82) is 5.26 Å². The molecule has 6 nitrogen and oxygen atoms in total. The number of aromatic nitrogens is 3. The van der Waals surface area contributed by atoms with Crippen molar-refractivity contribution < 1.29 is 4.79 Å². The molecule has 4 rings (SSSR count). The molecule has 1 N–H and O–H groups in total. The highest BCUT2D eigenvalue weighted by Crippen LogP contribution is 2.44. The number of fused-ring (bicyclic) bond motifs is 1. The number of thioether (sulfide) groups is 1. The fraction of sp³-hybridized carbons (Fsp3) is 0.556. The highest BCUT2D eigenvalue weighted by Gasteiger charge is 2.32. The number of nitriles is 1. The lowest BCUT2D eigenvalue weighted by Crippen LogP contribution is -2.26. The maximum atomic E-state index is 12.9. The molecule has 3 heterocycles. The van der Waals surface area contributed by atoms with Crippen LogP contribution in [0.5, 0.6) is 0 Å². The number of nitrogens with zero attached hydrogens (tertiary/aromatic N) is 4. The molecule has 1 aliphatic rings. The molecule has 1 amide bonds. The summed E-state index contributed by atoms with van der Waals surface area (Å²) in [5, 5.41) is 25.3. The summed E-state index contributed by atoms with van der Waals surface area (Å²) in [6, 6.07) is 4.56. The van der Waals surface area contributed by atoms with Gasteiger partial charge in [0.15, 0.2) is 11.0 Å². The molecule has 0 saturated heterocycles. The lowest BCUT2D eigenvalue weighted by atomic mass is 9.72. The molecular formula is C27H35N5OS3. The summed E-state index contributed by atoms with van der Waals surface area (Å²) in [7, 11) is 0. The van der Waals surface area contributed by atoms with Gasteiger partial charge in [0.05, 0.1) is 11.3 Å². The van der Waals surface area contributed by atoms with Gasteiger partial charge in [0.1, 0.15) is 11.1 Å². The van der Waals surface area contributed by atoms with Crippen molar-refractivity contribution in [3.05, 3.63) is 32.3 Å². The van der Waals surface area contributed by atoms with E-state index in [2.05, 4.69) is 72.2 Å². The molecule has 0 spiro atoms. The van der Waals surface area contributed by atoms with Crippen LogP contribution in [0.2, 0.25) is 0 Å². The van der Waals surface area contributed by atoms with Crippen LogP contribution in [0.25, 0.3) is 11.4 Å². The summed E-state index contributed by atoms with van der Waals surface area (Å²) in [6.45, 7) is 12.0. The molecule has 0 bridgehead atoms. The normalized spacial score (nSPS) is 15.5. The zero-order valence-electron chi connectivity index (χ0n) is 21.8. The van der Waals surface area contributed by atoms with E-state index in [9.17, 15) is 10.1 Å². The van der Waals surface area contributed by atoms with Gasteiger partial charge >= 0.3 is 0 Å². The zero-order valence-corrected chi connectivity index (χ0v) is 24.3. The van der Waals surface area contributed by atoms with Crippen LogP contribution in [0, 0.1) is 22.7 Å². The number of carbonyl (C=O) groups is 1. The minimum absolute atomic E-state index is 0.115. The summed E-state index contributed by atoms with van der Waals surface area (Å²) < 4.78 is 2.12. The van der Waals surface area contributed by atoms with Gasteiger partial charge in [-0.1, -0.05) is 52.8 Å². The average Bonchev–Trinajstić information content (AvgIpc) is 3.54. The zero-order chi connectivity index (χ0) is 25.9. The van der Waals surface area contributed by atoms with Crippen LogP contribution in [0.3, 0.4) is 0 Å². The van der Waals surface area contributed by atoms with Crippen LogP contribution >= 0.6 is 34.4 Å². The Bertz CT molecular complexity index is 1260. The maximum absolute atomic E-state index is 12.9. The van der Waals surface area contributed by atoms with E-state index in [0.717, 1.165) is 67.2 Å². The summed E-state index contributed by atoms with van der Waals surface area (Å²) in [4.78, 5) is 15.5. The first-order valence-corrected chi connectivity index (χ1v) is 15.4. The first kappa shape index (κ1) is 26.9. The van der Waals surface area contributed by atoms with Crippen LogP contribution in [-0.2, 0) is 30.6 Å². The highest BCUT2D eigenvalue weighted by atomic mass is 32.2. The van der Waals surface area contributed by atoms with Crippen LogP contribution in [-0.4, -0.2) is 26.4 Å². The lowest BCUT2D eigenvalue weighted by molar-refractivity contribution is -0.113. The van der Waals surface area contributed by atoms with E-state index in [4.69, 9.17) is 0 Å². The van der Waals surface area contributed by atoms with E-state index in [1.165, 1.54) is 21.5 Å². The number of nitrogens with one attached hydrogen (secondary N) is 1. The number of thiophene rings is 2. The fourth-order valence-electron chi connectivity index (χ4n) is 4.73. The highest BCUT2D eigenvalue weighted by molar-refractivity contribution is 7.99. The molecule has 0 fully saturated rings. The van der Waals surface area contributed by atoms with E-state index >= 15 is 0 Å². The molecule has 192 valence electrons. The number of rotatable bonds is 9. The van der Waals surface area contributed by atoms with Crippen LogP contribution in [0.4, 0.5) is 5.00 Å². The number of anilines is 1. The minimum Gasteiger partial charge on any atom is -0.316 e. The number of amides is 1. The van der Waals surface area contributed by atoms with E-state index in [0.29, 0.717) is 16.5 Å². The Kier molecular flexibility index (Phi) is 8.59. The smallest absolute Gasteiger partial charge is 0.235 e. The molecule has 0 aromatic carbocycles. The van der Waals surface area contributed by atoms with E-state index < -0.39 is 0 Å². The number of aryl methyl sites for hydroxylation is 1. The van der Waals surface area contributed by atoms with Crippen molar-refractivity contribution >= 4 is 45.3 Å². The van der Waals surface area contributed by atoms with Gasteiger partial charge in [0.2, 0.25) is 5.91 Å². The molecule has 0 aliphatic heterocycles. The van der Waals surface area contributed by atoms with Gasteiger partial charge in [-0.05, 0) is 55.1 Å². The maximum Gasteiger partial charge on any atom is 0.235 e. The van der Waals surface area contributed by atoms with Gasteiger partial charge in [0.25, 0.3) is 0 Å². The molecule has 1 unspecified atom stereocenters. The van der Waals surface area contributed by atoms with Crippen molar-refractivity contribution in [3.63, 3.8) is 0 Å². The van der Waals surface area contributed by atoms with Gasteiger partial charge in [0, 0.05) is 27.2 Å². The molecule has 0 radical (unpaired) electrons. The Morgan fingerprint density at radius 3 is 2.81 bits per heavy atom. The molecule has 1 aliphatic carbocycles. The number of hydrogen-bond acceptors (Lipinski definition) is 7. The summed E-state index contributed by atoms with van der Waals surface area (Å²) in [5.74, 6) is 1.57. The Labute approximate surface area is 226 Å². The van der Waals surface area contributed by atoms with Gasteiger partial charge in [-0.25, -0.2) is 0 Å². The first-order chi connectivity index (χ1) is 17.2. The van der Waals surface area contributed by atoms with E-state index in [1.54, 1.807) is 22.7 Å². The average molecular weight is 542 g/mol.